The van der Waals surface area contributed by atoms with Gasteiger partial charge in [-0.1, -0.05) is 29.8 Å². The molecule has 0 spiro atoms. The lowest BCUT2D eigenvalue weighted by Gasteiger charge is -2.05. The van der Waals surface area contributed by atoms with Crippen LogP contribution in [0.1, 0.15) is 17.9 Å². The third-order valence-electron chi connectivity index (χ3n) is 3.88. The standard InChI is InChI=1S/C19H17BrN2O5S/c1-13-6-8-14(9-7-13)28(24,25)11-10-18(23)26-12-17-21-22-19(27-17)15-4-2-3-5-16(15)20/h2-9H,10-12H2,1H3. The summed E-state index contributed by atoms with van der Waals surface area (Å²) < 4.78 is 35.8. The second-order valence-electron chi connectivity index (χ2n) is 6.02. The van der Waals surface area contributed by atoms with Crippen molar-refractivity contribution in [1.29, 1.82) is 0 Å². The lowest BCUT2D eigenvalue weighted by molar-refractivity contribution is -0.145. The van der Waals surface area contributed by atoms with Crippen LogP contribution in [-0.4, -0.2) is 30.3 Å². The van der Waals surface area contributed by atoms with Crippen LogP contribution in [0, 0.1) is 6.92 Å². The van der Waals surface area contributed by atoms with Crippen LogP contribution < -0.4 is 0 Å². The summed E-state index contributed by atoms with van der Waals surface area (Å²) in [5, 5.41) is 7.76. The number of benzene rings is 2. The van der Waals surface area contributed by atoms with E-state index in [4.69, 9.17) is 9.15 Å². The maximum Gasteiger partial charge on any atom is 0.307 e. The second-order valence-corrected chi connectivity index (χ2v) is 8.99. The Morgan fingerprint density at radius 1 is 1.11 bits per heavy atom. The van der Waals surface area contributed by atoms with Gasteiger partial charge in [0.1, 0.15) is 0 Å². The fraction of sp³-hybridized carbons (Fsp3) is 0.211. The normalized spacial score (nSPS) is 11.4. The third kappa shape index (κ3) is 5.05. The SMILES string of the molecule is Cc1ccc(S(=O)(=O)CCC(=O)OCc2nnc(-c3ccccc3Br)o2)cc1. The van der Waals surface area contributed by atoms with Crippen LogP contribution in [-0.2, 0) is 26.0 Å². The molecular weight excluding hydrogens is 448 g/mol. The number of sulfone groups is 1. The highest BCUT2D eigenvalue weighted by atomic mass is 79.9. The average molecular weight is 465 g/mol. The summed E-state index contributed by atoms with van der Waals surface area (Å²) in [6, 6.07) is 13.8. The number of hydrogen-bond donors (Lipinski definition) is 0. The van der Waals surface area contributed by atoms with Gasteiger partial charge in [0.25, 0.3) is 5.89 Å². The molecule has 0 saturated carbocycles. The van der Waals surface area contributed by atoms with Gasteiger partial charge < -0.3 is 9.15 Å². The van der Waals surface area contributed by atoms with Crippen molar-refractivity contribution in [3.63, 3.8) is 0 Å². The molecular formula is C19H17BrN2O5S. The molecule has 0 atom stereocenters. The van der Waals surface area contributed by atoms with Gasteiger partial charge in [-0.2, -0.15) is 0 Å². The van der Waals surface area contributed by atoms with Gasteiger partial charge in [0.2, 0.25) is 5.89 Å². The van der Waals surface area contributed by atoms with Crippen molar-refractivity contribution in [3.8, 4) is 11.5 Å². The fourth-order valence-electron chi connectivity index (χ4n) is 2.35. The van der Waals surface area contributed by atoms with Crippen molar-refractivity contribution in [3.05, 3.63) is 64.5 Å². The van der Waals surface area contributed by atoms with E-state index in [1.165, 1.54) is 12.1 Å². The Morgan fingerprint density at radius 3 is 2.54 bits per heavy atom. The minimum atomic E-state index is -3.55. The first-order valence-corrected chi connectivity index (χ1v) is 10.8. The number of carbonyl (C=O) groups is 1. The molecule has 1 heterocycles. The number of rotatable bonds is 7. The summed E-state index contributed by atoms with van der Waals surface area (Å²) in [6.45, 7) is 1.65. The van der Waals surface area contributed by atoms with Crippen LogP contribution in [0.25, 0.3) is 11.5 Å². The van der Waals surface area contributed by atoms with E-state index in [-0.39, 0.29) is 29.6 Å². The van der Waals surface area contributed by atoms with Crippen LogP contribution in [0.15, 0.2) is 62.3 Å². The zero-order chi connectivity index (χ0) is 20.1. The first-order valence-electron chi connectivity index (χ1n) is 8.37. The van der Waals surface area contributed by atoms with Gasteiger partial charge in [0.15, 0.2) is 16.4 Å². The van der Waals surface area contributed by atoms with Gasteiger partial charge in [-0.3, -0.25) is 4.79 Å². The molecule has 9 heteroatoms. The predicted molar refractivity (Wildman–Crippen MR) is 105 cm³/mol. The van der Waals surface area contributed by atoms with Crippen molar-refractivity contribution in [2.45, 2.75) is 24.8 Å². The Hall–Kier alpha value is -2.52. The highest BCUT2D eigenvalue weighted by molar-refractivity contribution is 9.10. The summed E-state index contributed by atoms with van der Waals surface area (Å²) in [7, 11) is -3.55. The number of esters is 1. The molecule has 146 valence electrons. The summed E-state index contributed by atoms with van der Waals surface area (Å²) in [5.41, 5.74) is 1.68. The van der Waals surface area contributed by atoms with E-state index in [9.17, 15) is 13.2 Å². The molecule has 0 fully saturated rings. The van der Waals surface area contributed by atoms with E-state index in [1.807, 2.05) is 31.2 Å². The van der Waals surface area contributed by atoms with E-state index in [0.717, 1.165) is 15.6 Å². The first-order chi connectivity index (χ1) is 13.3. The van der Waals surface area contributed by atoms with Crippen molar-refractivity contribution >= 4 is 31.7 Å². The van der Waals surface area contributed by atoms with Crippen molar-refractivity contribution in [1.82, 2.24) is 10.2 Å². The van der Waals surface area contributed by atoms with Crippen molar-refractivity contribution in [2.75, 3.05) is 5.75 Å². The smallest absolute Gasteiger partial charge is 0.307 e. The monoisotopic (exact) mass is 464 g/mol. The number of halogens is 1. The van der Waals surface area contributed by atoms with Crippen LogP contribution in [0.4, 0.5) is 0 Å². The van der Waals surface area contributed by atoms with Crippen molar-refractivity contribution in [2.24, 2.45) is 0 Å². The zero-order valence-electron chi connectivity index (χ0n) is 15.0. The Balaban J connectivity index is 1.54. The summed E-state index contributed by atoms with van der Waals surface area (Å²) in [5.74, 6) is -0.571. The van der Waals surface area contributed by atoms with Gasteiger partial charge in [-0.15, -0.1) is 10.2 Å². The van der Waals surface area contributed by atoms with E-state index in [2.05, 4.69) is 26.1 Å². The van der Waals surface area contributed by atoms with Gasteiger partial charge in [0, 0.05) is 4.47 Å². The van der Waals surface area contributed by atoms with E-state index in [1.54, 1.807) is 12.1 Å². The second kappa shape index (κ2) is 8.66. The molecule has 2 aromatic carbocycles. The third-order valence-corrected chi connectivity index (χ3v) is 6.31. The molecule has 0 bridgehead atoms. The molecule has 0 unspecified atom stereocenters. The Kier molecular flexibility index (Phi) is 6.25. The molecule has 0 radical (unpaired) electrons. The number of aryl methyl sites for hydroxylation is 1. The van der Waals surface area contributed by atoms with Crippen LogP contribution >= 0.6 is 15.9 Å². The highest BCUT2D eigenvalue weighted by Gasteiger charge is 2.18. The predicted octanol–water partition coefficient (Wildman–Crippen LogP) is 3.71. The van der Waals surface area contributed by atoms with Gasteiger partial charge in [-0.25, -0.2) is 8.42 Å². The number of ether oxygens (including phenoxy) is 1. The average Bonchev–Trinajstić information content (AvgIpc) is 3.14. The van der Waals surface area contributed by atoms with Crippen molar-refractivity contribution < 1.29 is 22.4 Å². The van der Waals surface area contributed by atoms with E-state index in [0.29, 0.717) is 5.89 Å². The molecule has 0 aliphatic rings. The molecule has 3 rings (SSSR count). The largest absolute Gasteiger partial charge is 0.456 e. The lowest BCUT2D eigenvalue weighted by atomic mass is 10.2. The maximum absolute atomic E-state index is 12.3. The molecule has 28 heavy (non-hydrogen) atoms. The molecule has 0 aliphatic heterocycles. The Bertz CT molecular complexity index is 1080. The quantitative estimate of drug-likeness (QED) is 0.491. The summed E-state index contributed by atoms with van der Waals surface area (Å²) in [4.78, 5) is 12.1. The molecule has 0 aliphatic carbocycles. The molecule has 1 aromatic heterocycles. The van der Waals surface area contributed by atoms with Gasteiger partial charge in [0.05, 0.1) is 22.6 Å². The van der Waals surface area contributed by atoms with Crippen LogP contribution in [0.2, 0.25) is 0 Å². The molecule has 0 N–H and O–H groups in total. The maximum atomic E-state index is 12.3. The summed E-state index contributed by atoms with van der Waals surface area (Å²) >= 11 is 3.40. The number of nitrogens with zero attached hydrogens (tertiary/aromatic N) is 2. The molecule has 3 aromatic rings. The minimum Gasteiger partial charge on any atom is -0.456 e. The first kappa shape index (κ1) is 20.2. The number of carbonyl (C=O) groups excluding carboxylic acids is 1. The molecule has 0 amide bonds. The topological polar surface area (TPSA) is 99.4 Å². The van der Waals surface area contributed by atoms with Crippen LogP contribution in [0.3, 0.4) is 0 Å². The fourth-order valence-corrected chi connectivity index (χ4v) is 4.03. The molecule has 0 saturated heterocycles. The minimum absolute atomic E-state index is 0.125. The lowest BCUT2D eigenvalue weighted by Crippen LogP contribution is -2.13. The number of hydrogen-bond acceptors (Lipinski definition) is 7. The summed E-state index contributed by atoms with van der Waals surface area (Å²) in [6.07, 6.45) is -0.262. The van der Waals surface area contributed by atoms with Crippen LogP contribution in [0.5, 0.6) is 0 Å². The zero-order valence-corrected chi connectivity index (χ0v) is 17.4. The number of aromatic nitrogens is 2. The highest BCUT2D eigenvalue weighted by Crippen LogP contribution is 2.26. The Labute approximate surface area is 170 Å². The van der Waals surface area contributed by atoms with Gasteiger partial charge >= 0.3 is 5.97 Å². The van der Waals surface area contributed by atoms with E-state index >= 15 is 0 Å². The van der Waals surface area contributed by atoms with E-state index < -0.39 is 15.8 Å². The Morgan fingerprint density at radius 2 is 1.82 bits per heavy atom. The molecule has 7 nitrogen and oxygen atoms in total. The van der Waals surface area contributed by atoms with Gasteiger partial charge in [-0.05, 0) is 47.1 Å².